The minimum Gasteiger partial charge on any atom is -0.493 e. The standard InChI is InChI=1S/C24H35NO5/c1-15(27)24(2)14-25(23(28)12-26)11-20(24)16-8-9-21(29-3)22(10-16)30-13-19-17-6-4-5-7-18(17)19/h8-10,15,17-20,26-27H,4-7,11-14H2,1-3H3/t15-,17?,18?,19?,20?,24?/m0/s1. The molecule has 5 atom stereocenters. The van der Waals surface area contributed by atoms with Gasteiger partial charge >= 0.3 is 0 Å². The highest BCUT2D eigenvalue weighted by Crippen LogP contribution is 2.55. The lowest BCUT2D eigenvalue weighted by Crippen LogP contribution is -2.38. The predicted molar refractivity (Wildman–Crippen MR) is 114 cm³/mol. The summed E-state index contributed by atoms with van der Waals surface area (Å²) in [4.78, 5) is 13.8. The van der Waals surface area contributed by atoms with Crippen molar-refractivity contribution in [2.45, 2.75) is 51.6 Å². The third-order valence-corrected chi connectivity index (χ3v) is 8.03. The maximum Gasteiger partial charge on any atom is 0.248 e. The number of aliphatic hydroxyl groups is 2. The number of aliphatic hydroxyl groups excluding tert-OH is 2. The van der Waals surface area contributed by atoms with Crippen molar-refractivity contribution in [1.82, 2.24) is 4.90 Å². The van der Waals surface area contributed by atoms with Crippen molar-refractivity contribution in [1.29, 1.82) is 0 Å². The van der Waals surface area contributed by atoms with Gasteiger partial charge in [-0.05, 0) is 55.2 Å². The average molecular weight is 418 g/mol. The first-order valence-electron chi connectivity index (χ1n) is 11.3. The largest absolute Gasteiger partial charge is 0.493 e. The third-order valence-electron chi connectivity index (χ3n) is 8.03. The average Bonchev–Trinajstić information content (AvgIpc) is 3.34. The van der Waals surface area contributed by atoms with Gasteiger partial charge in [-0.2, -0.15) is 0 Å². The number of likely N-dealkylation sites (tertiary alicyclic amines) is 1. The Morgan fingerprint density at radius 1 is 1.27 bits per heavy atom. The minimum atomic E-state index is -0.597. The number of benzene rings is 1. The van der Waals surface area contributed by atoms with Crippen LogP contribution in [0.4, 0.5) is 0 Å². The fraction of sp³-hybridized carbons (Fsp3) is 0.708. The van der Waals surface area contributed by atoms with Crippen LogP contribution in [0.1, 0.15) is 51.0 Å². The van der Waals surface area contributed by atoms with Crippen LogP contribution in [0.3, 0.4) is 0 Å². The summed E-state index contributed by atoms with van der Waals surface area (Å²) in [7, 11) is 1.65. The van der Waals surface area contributed by atoms with Gasteiger partial charge in [0.05, 0.1) is 19.8 Å². The lowest BCUT2D eigenvalue weighted by Gasteiger charge is -2.33. The Morgan fingerprint density at radius 3 is 2.57 bits per heavy atom. The monoisotopic (exact) mass is 417 g/mol. The van der Waals surface area contributed by atoms with Crippen LogP contribution < -0.4 is 9.47 Å². The first-order chi connectivity index (χ1) is 14.4. The third kappa shape index (κ3) is 3.80. The fourth-order valence-electron chi connectivity index (χ4n) is 5.81. The van der Waals surface area contributed by atoms with E-state index >= 15 is 0 Å². The van der Waals surface area contributed by atoms with E-state index in [1.54, 1.807) is 18.9 Å². The van der Waals surface area contributed by atoms with E-state index < -0.39 is 18.1 Å². The van der Waals surface area contributed by atoms with Crippen molar-refractivity contribution < 1.29 is 24.5 Å². The molecule has 4 unspecified atom stereocenters. The quantitative estimate of drug-likeness (QED) is 0.713. The SMILES string of the molecule is COc1ccc(C2CN(C(=O)CO)CC2(C)[C@H](C)O)cc1OCC1C2CCCCC21. The van der Waals surface area contributed by atoms with Crippen LogP contribution in [0, 0.1) is 23.2 Å². The molecule has 3 aliphatic rings. The van der Waals surface area contributed by atoms with Crippen molar-refractivity contribution >= 4 is 5.91 Å². The predicted octanol–water partition coefficient (Wildman–Crippen LogP) is 2.82. The van der Waals surface area contributed by atoms with Crippen LogP contribution in [0.5, 0.6) is 11.5 Å². The van der Waals surface area contributed by atoms with Gasteiger partial charge in [0.1, 0.15) is 6.61 Å². The van der Waals surface area contributed by atoms with Crippen molar-refractivity contribution in [3.05, 3.63) is 23.8 Å². The zero-order valence-electron chi connectivity index (χ0n) is 18.3. The number of ether oxygens (including phenoxy) is 2. The van der Waals surface area contributed by atoms with Gasteiger partial charge in [-0.1, -0.05) is 25.8 Å². The molecule has 1 aliphatic heterocycles. The summed E-state index contributed by atoms with van der Waals surface area (Å²) in [6, 6.07) is 5.94. The number of fused-ring (bicyclic) bond motifs is 1. The number of hydrogen-bond donors (Lipinski definition) is 2. The second kappa shape index (κ2) is 8.39. The summed E-state index contributed by atoms with van der Waals surface area (Å²) in [6.07, 6.45) is 4.76. The highest BCUT2D eigenvalue weighted by atomic mass is 16.5. The van der Waals surface area contributed by atoms with Gasteiger partial charge in [0, 0.05) is 24.4 Å². The molecule has 6 heteroatoms. The van der Waals surface area contributed by atoms with E-state index in [2.05, 4.69) is 0 Å². The molecule has 30 heavy (non-hydrogen) atoms. The summed E-state index contributed by atoms with van der Waals surface area (Å²) in [6.45, 7) is 4.88. The van der Waals surface area contributed by atoms with Crippen LogP contribution in [0.2, 0.25) is 0 Å². The number of nitrogens with zero attached hydrogens (tertiary/aromatic N) is 1. The first kappa shape index (κ1) is 21.4. The van der Waals surface area contributed by atoms with Crippen LogP contribution in [0.25, 0.3) is 0 Å². The molecule has 3 fully saturated rings. The molecule has 6 nitrogen and oxygen atoms in total. The minimum absolute atomic E-state index is 0.0511. The van der Waals surface area contributed by atoms with Gasteiger partial charge in [0.15, 0.2) is 11.5 Å². The maximum atomic E-state index is 12.1. The Bertz CT molecular complexity index is 769. The lowest BCUT2D eigenvalue weighted by atomic mass is 9.72. The van der Waals surface area contributed by atoms with Crippen molar-refractivity contribution in [3.8, 4) is 11.5 Å². The zero-order valence-corrected chi connectivity index (χ0v) is 18.3. The summed E-state index contributed by atoms with van der Waals surface area (Å²) >= 11 is 0. The molecule has 1 amide bonds. The molecule has 2 saturated carbocycles. The number of methoxy groups -OCH3 is 1. The molecule has 0 spiro atoms. The maximum absolute atomic E-state index is 12.1. The van der Waals surface area contributed by atoms with E-state index in [-0.39, 0.29) is 11.8 Å². The van der Waals surface area contributed by atoms with E-state index in [1.807, 2.05) is 25.1 Å². The molecular weight excluding hydrogens is 382 g/mol. The summed E-state index contributed by atoms with van der Waals surface area (Å²) < 4.78 is 11.8. The Hall–Kier alpha value is -1.79. The summed E-state index contributed by atoms with van der Waals surface area (Å²) in [5.74, 6) is 3.42. The van der Waals surface area contributed by atoms with Gasteiger partial charge in [0.2, 0.25) is 5.91 Å². The fourth-order valence-corrected chi connectivity index (χ4v) is 5.81. The highest BCUT2D eigenvalue weighted by Gasteiger charge is 2.51. The Kier molecular flexibility index (Phi) is 5.99. The van der Waals surface area contributed by atoms with E-state index in [0.29, 0.717) is 24.8 Å². The molecule has 166 valence electrons. The van der Waals surface area contributed by atoms with Crippen LogP contribution in [0.15, 0.2) is 18.2 Å². The van der Waals surface area contributed by atoms with Gasteiger partial charge in [-0.25, -0.2) is 0 Å². The molecule has 0 radical (unpaired) electrons. The van der Waals surface area contributed by atoms with Crippen molar-refractivity contribution in [2.75, 3.05) is 33.4 Å². The Labute approximate surface area is 179 Å². The zero-order chi connectivity index (χ0) is 21.5. The van der Waals surface area contributed by atoms with E-state index in [0.717, 1.165) is 29.8 Å². The number of carbonyl (C=O) groups is 1. The van der Waals surface area contributed by atoms with Gasteiger partial charge in [0.25, 0.3) is 0 Å². The Morgan fingerprint density at radius 2 is 1.97 bits per heavy atom. The number of carbonyl (C=O) groups excluding carboxylic acids is 1. The molecule has 4 rings (SSSR count). The lowest BCUT2D eigenvalue weighted by molar-refractivity contribution is -0.133. The molecule has 1 aromatic rings. The summed E-state index contributed by atoms with van der Waals surface area (Å²) in [5, 5.41) is 19.8. The molecule has 2 aliphatic carbocycles. The van der Waals surface area contributed by atoms with E-state index in [9.17, 15) is 15.0 Å². The van der Waals surface area contributed by atoms with Gasteiger partial charge < -0.3 is 24.6 Å². The first-order valence-corrected chi connectivity index (χ1v) is 11.3. The highest BCUT2D eigenvalue weighted by molar-refractivity contribution is 5.77. The van der Waals surface area contributed by atoms with Crippen molar-refractivity contribution in [3.63, 3.8) is 0 Å². The number of rotatable bonds is 7. The molecule has 0 aromatic heterocycles. The second-order valence-electron chi connectivity index (χ2n) is 9.66. The molecule has 0 bridgehead atoms. The second-order valence-corrected chi connectivity index (χ2v) is 9.66. The molecular formula is C24H35NO5. The number of hydrogen-bond acceptors (Lipinski definition) is 5. The van der Waals surface area contributed by atoms with Gasteiger partial charge in [-0.3, -0.25) is 4.79 Å². The molecule has 2 N–H and O–H groups in total. The smallest absolute Gasteiger partial charge is 0.248 e. The van der Waals surface area contributed by atoms with E-state index in [1.165, 1.54) is 25.7 Å². The van der Waals surface area contributed by atoms with Gasteiger partial charge in [-0.15, -0.1) is 0 Å². The normalized spacial score (nSPS) is 33.7. The van der Waals surface area contributed by atoms with Crippen LogP contribution in [-0.4, -0.2) is 60.5 Å². The molecule has 1 aromatic carbocycles. The summed E-state index contributed by atoms with van der Waals surface area (Å²) in [5.41, 5.74) is 0.526. The van der Waals surface area contributed by atoms with Crippen molar-refractivity contribution in [2.24, 2.45) is 23.2 Å². The van der Waals surface area contributed by atoms with E-state index in [4.69, 9.17) is 9.47 Å². The van der Waals surface area contributed by atoms with Crippen LogP contribution in [-0.2, 0) is 4.79 Å². The molecule has 1 heterocycles. The Balaban J connectivity index is 1.54. The topological polar surface area (TPSA) is 79.2 Å². The molecule has 1 saturated heterocycles. The number of amides is 1. The van der Waals surface area contributed by atoms with Crippen LogP contribution >= 0.6 is 0 Å².